The van der Waals surface area contributed by atoms with Gasteiger partial charge in [-0.05, 0) is 34.1 Å². The van der Waals surface area contributed by atoms with Crippen molar-refractivity contribution in [2.45, 2.75) is 6.54 Å². The van der Waals surface area contributed by atoms with Crippen molar-refractivity contribution in [3.8, 4) is 5.75 Å². The molecule has 104 valence electrons. The molecule has 7 heteroatoms. The Balaban J connectivity index is 2.49. The van der Waals surface area contributed by atoms with Gasteiger partial charge in [-0.1, -0.05) is 0 Å². The number of methoxy groups -OCH3 is 1. The Morgan fingerprint density at radius 1 is 1.40 bits per heavy atom. The van der Waals surface area contributed by atoms with Crippen LogP contribution in [0.1, 0.15) is 15.9 Å². The van der Waals surface area contributed by atoms with Crippen LogP contribution in [0.25, 0.3) is 0 Å². The predicted molar refractivity (Wildman–Crippen MR) is 76.5 cm³/mol. The SMILES string of the molecule is COc1ccc(C=O)cc1Cn1cc(Br)c(=O)[nH]c1=O. The van der Waals surface area contributed by atoms with Crippen molar-refractivity contribution >= 4 is 22.2 Å². The molecule has 0 saturated heterocycles. The highest BCUT2D eigenvalue weighted by atomic mass is 79.9. The van der Waals surface area contributed by atoms with E-state index < -0.39 is 11.2 Å². The van der Waals surface area contributed by atoms with E-state index in [1.807, 2.05) is 0 Å². The minimum absolute atomic E-state index is 0.180. The van der Waals surface area contributed by atoms with E-state index >= 15 is 0 Å². The molecule has 0 fully saturated rings. The van der Waals surface area contributed by atoms with Crippen molar-refractivity contribution in [2.24, 2.45) is 0 Å². The molecule has 0 aliphatic carbocycles. The van der Waals surface area contributed by atoms with Crippen molar-refractivity contribution in [3.05, 3.63) is 60.8 Å². The second-order valence-corrected chi connectivity index (χ2v) is 4.91. The van der Waals surface area contributed by atoms with E-state index in [0.29, 0.717) is 23.2 Å². The summed E-state index contributed by atoms with van der Waals surface area (Å²) in [6.45, 7) is 0.180. The number of carbonyl (C=O) groups excluding carboxylic acids is 1. The fraction of sp³-hybridized carbons (Fsp3) is 0.154. The number of aldehydes is 1. The van der Waals surface area contributed by atoms with Crippen LogP contribution in [0.5, 0.6) is 5.75 Å². The minimum Gasteiger partial charge on any atom is -0.496 e. The fourth-order valence-electron chi connectivity index (χ4n) is 1.78. The quantitative estimate of drug-likeness (QED) is 0.848. The third-order valence-corrected chi connectivity index (χ3v) is 3.31. The molecule has 20 heavy (non-hydrogen) atoms. The lowest BCUT2D eigenvalue weighted by Gasteiger charge is -2.10. The molecule has 0 aliphatic rings. The van der Waals surface area contributed by atoms with Gasteiger partial charge in [-0.15, -0.1) is 0 Å². The molecule has 1 N–H and O–H groups in total. The molecule has 1 aromatic carbocycles. The average molecular weight is 339 g/mol. The Kier molecular flexibility index (Phi) is 4.19. The maximum absolute atomic E-state index is 11.7. The summed E-state index contributed by atoms with van der Waals surface area (Å²) >= 11 is 3.07. The molecule has 0 atom stereocenters. The lowest BCUT2D eigenvalue weighted by atomic mass is 10.1. The number of hydrogen-bond donors (Lipinski definition) is 1. The first-order chi connectivity index (χ1) is 9.55. The van der Waals surface area contributed by atoms with Crippen LogP contribution in [-0.2, 0) is 6.54 Å². The number of hydrogen-bond acceptors (Lipinski definition) is 4. The smallest absolute Gasteiger partial charge is 0.328 e. The van der Waals surface area contributed by atoms with Gasteiger partial charge in [0.25, 0.3) is 5.56 Å². The first-order valence-corrected chi connectivity index (χ1v) is 6.46. The van der Waals surface area contributed by atoms with Crippen LogP contribution in [0, 0.1) is 0 Å². The number of aromatic nitrogens is 2. The second kappa shape index (κ2) is 5.87. The van der Waals surface area contributed by atoms with Gasteiger partial charge in [0, 0.05) is 17.3 Å². The highest BCUT2D eigenvalue weighted by molar-refractivity contribution is 9.10. The summed E-state index contributed by atoms with van der Waals surface area (Å²) in [4.78, 5) is 36.0. The Bertz CT molecular complexity index is 764. The van der Waals surface area contributed by atoms with Crippen LogP contribution in [0.4, 0.5) is 0 Å². The summed E-state index contributed by atoms with van der Waals surface area (Å²) in [7, 11) is 1.50. The summed E-state index contributed by atoms with van der Waals surface area (Å²) in [6, 6.07) is 4.92. The highest BCUT2D eigenvalue weighted by Crippen LogP contribution is 2.20. The molecular weight excluding hydrogens is 328 g/mol. The number of nitrogens with zero attached hydrogens (tertiary/aromatic N) is 1. The molecule has 2 rings (SSSR count). The van der Waals surface area contributed by atoms with Gasteiger partial charge in [0.2, 0.25) is 0 Å². The van der Waals surface area contributed by atoms with Crippen molar-refractivity contribution in [2.75, 3.05) is 7.11 Å². The Morgan fingerprint density at radius 2 is 2.15 bits per heavy atom. The second-order valence-electron chi connectivity index (χ2n) is 4.05. The molecule has 0 amide bonds. The van der Waals surface area contributed by atoms with E-state index in [4.69, 9.17) is 4.74 Å². The molecule has 6 nitrogen and oxygen atoms in total. The Hall–Kier alpha value is -2.15. The zero-order valence-electron chi connectivity index (χ0n) is 10.6. The summed E-state index contributed by atoms with van der Waals surface area (Å²) in [5.41, 5.74) is 0.132. The number of aromatic amines is 1. The van der Waals surface area contributed by atoms with Gasteiger partial charge in [0.15, 0.2) is 0 Å². The van der Waals surface area contributed by atoms with Crippen molar-refractivity contribution < 1.29 is 9.53 Å². The average Bonchev–Trinajstić information content (AvgIpc) is 2.44. The van der Waals surface area contributed by atoms with Crippen LogP contribution >= 0.6 is 15.9 Å². The third kappa shape index (κ3) is 2.88. The topological polar surface area (TPSA) is 81.2 Å². The van der Waals surface area contributed by atoms with Crippen LogP contribution < -0.4 is 16.0 Å². The molecule has 0 radical (unpaired) electrons. The van der Waals surface area contributed by atoms with Gasteiger partial charge < -0.3 is 4.74 Å². The van der Waals surface area contributed by atoms with E-state index in [1.54, 1.807) is 18.2 Å². The maximum Gasteiger partial charge on any atom is 0.328 e. The number of halogens is 1. The molecule has 0 unspecified atom stereocenters. The van der Waals surface area contributed by atoms with Crippen molar-refractivity contribution in [3.63, 3.8) is 0 Å². The molecule has 0 saturated carbocycles. The van der Waals surface area contributed by atoms with Gasteiger partial charge in [-0.3, -0.25) is 19.1 Å². The van der Waals surface area contributed by atoms with E-state index in [-0.39, 0.29) is 11.0 Å². The van der Waals surface area contributed by atoms with Gasteiger partial charge in [-0.2, -0.15) is 0 Å². The van der Waals surface area contributed by atoms with E-state index in [0.717, 1.165) is 0 Å². The number of H-pyrrole nitrogens is 1. The van der Waals surface area contributed by atoms with Gasteiger partial charge in [-0.25, -0.2) is 4.79 Å². The number of nitrogens with one attached hydrogen (secondary N) is 1. The monoisotopic (exact) mass is 338 g/mol. The molecular formula is C13H11BrN2O4. The highest BCUT2D eigenvalue weighted by Gasteiger charge is 2.08. The summed E-state index contributed by atoms with van der Waals surface area (Å²) < 4.78 is 6.77. The third-order valence-electron chi connectivity index (χ3n) is 2.75. The standard InChI is InChI=1S/C13H11BrN2O4/c1-20-11-3-2-8(7-17)4-9(11)5-16-6-10(14)12(18)15-13(16)19/h2-4,6-7H,5H2,1H3,(H,15,18,19). The molecule has 2 aromatic rings. The lowest BCUT2D eigenvalue weighted by Crippen LogP contribution is -2.30. The zero-order chi connectivity index (χ0) is 14.7. The summed E-state index contributed by atoms with van der Waals surface area (Å²) in [5.74, 6) is 0.560. The maximum atomic E-state index is 11.7. The van der Waals surface area contributed by atoms with Gasteiger partial charge in [0.05, 0.1) is 18.1 Å². The lowest BCUT2D eigenvalue weighted by molar-refractivity contribution is 0.112. The first kappa shape index (κ1) is 14.3. The van der Waals surface area contributed by atoms with Crippen molar-refractivity contribution in [1.29, 1.82) is 0 Å². The van der Waals surface area contributed by atoms with E-state index in [2.05, 4.69) is 20.9 Å². The normalized spacial score (nSPS) is 10.3. The van der Waals surface area contributed by atoms with Crippen molar-refractivity contribution in [1.82, 2.24) is 9.55 Å². The molecule has 0 aliphatic heterocycles. The Morgan fingerprint density at radius 3 is 2.80 bits per heavy atom. The largest absolute Gasteiger partial charge is 0.496 e. The molecule has 0 bridgehead atoms. The number of benzene rings is 1. The molecule has 0 spiro atoms. The predicted octanol–water partition coefficient (Wildman–Crippen LogP) is 1.17. The van der Waals surface area contributed by atoms with Gasteiger partial charge in [0.1, 0.15) is 12.0 Å². The minimum atomic E-state index is -0.531. The van der Waals surface area contributed by atoms with Crippen LogP contribution in [-0.4, -0.2) is 22.9 Å². The molecule has 1 aromatic heterocycles. The zero-order valence-corrected chi connectivity index (χ0v) is 12.1. The summed E-state index contributed by atoms with van der Waals surface area (Å²) in [6.07, 6.45) is 2.11. The van der Waals surface area contributed by atoms with Crippen LogP contribution in [0.2, 0.25) is 0 Å². The van der Waals surface area contributed by atoms with Crippen LogP contribution in [0.15, 0.2) is 38.5 Å². The summed E-state index contributed by atoms with van der Waals surface area (Å²) in [5, 5.41) is 0. The number of carbonyl (C=O) groups is 1. The van der Waals surface area contributed by atoms with E-state index in [1.165, 1.54) is 17.9 Å². The Labute approximate surface area is 122 Å². The van der Waals surface area contributed by atoms with Gasteiger partial charge >= 0.3 is 5.69 Å². The van der Waals surface area contributed by atoms with Crippen LogP contribution in [0.3, 0.4) is 0 Å². The first-order valence-electron chi connectivity index (χ1n) is 5.66. The number of ether oxygens (including phenoxy) is 1. The number of rotatable bonds is 4. The fourth-order valence-corrected chi connectivity index (χ4v) is 2.13. The molecule has 1 heterocycles. The van der Waals surface area contributed by atoms with E-state index in [9.17, 15) is 14.4 Å².